The zero-order chi connectivity index (χ0) is 12.2. The molecule has 0 aliphatic rings. The van der Waals surface area contributed by atoms with E-state index in [-0.39, 0.29) is 11.3 Å². The molecule has 16 heavy (non-hydrogen) atoms. The van der Waals surface area contributed by atoms with Crippen LogP contribution in [-0.4, -0.2) is 24.0 Å². The van der Waals surface area contributed by atoms with E-state index < -0.39 is 0 Å². The smallest absolute Gasteiger partial charge is 0.287 e. The second-order valence-corrected chi connectivity index (χ2v) is 5.82. The second kappa shape index (κ2) is 5.43. The third kappa shape index (κ3) is 3.59. The fourth-order valence-corrected chi connectivity index (χ4v) is 2.38. The Morgan fingerprint density at radius 2 is 2.25 bits per heavy atom. The number of amides is 1. The highest BCUT2D eigenvalue weighted by Gasteiger charge is 2.24. The van der Waals surface area contributed by atoms with Crippen molar-refractivity contribution in [1.82, 2.24) is 5.32 Å². The van der Waals surface area contributed by atoms with Gasteiger partial charge in [-0.25, -0.2) is 0 Å². The van der Waals surface area contributed by atoms with E-state index in [2.05, 4.69) is 32.3 Å². The zero-order valence-corrected chi connectivity index (χ0v) is 11.1. The van der Waals surface area contributed by atoms with E-state index in [0.717, 1.165) is 0 Å². The van der Waals surface area contributed by atoms with E-state index in [1.54, 1.807) is 23.9 Å². The van der Waals surface area contributed by atoms with E-state index in [1.165, 1.54) is 6.26 Å². The van der Waals surface area contributed by atoms with Crippen molar-refractivity contribution in [3.63, 3.8) is 0 Å². The van der Waals surface area contributed by atoms with Gasteiger partial charge in [-0.15, -0.1) is 0 Å². The maximum Gasteiger partial charge on any atom is 0.287 e. The molecule has 3 nitrogen and oxygen atoms in total. The molecule has 0 radical (unpaired) electrons. The lowest BCUT2D eigenvalue weighted by Crippen LogP contribution is -2.37. The fraction of sp³-hybridized carbons (Fsp3) is 0.583. The highest BCUT2D eigenvalue weighted by molar-refractivity contribution is 7.99. The monoisotopic (exact) mass is 241 g/mol. The maximum absolute atomic E-state index is 11.6. The molecule has 0 fully saturated rings. The third-order valence-corrected chi connectivity index (χ3v) is 3.89. The Bertz CT molecular complexity index is 327. The van der Waals surface area contributed by atoms with Gasteiger partial charge in [-0.05, 0) is 23.8 Å². The first-order valence-electron chi connectivity index (χ1n) is 5.29. The Morgan fingerprint density at radius 1 is 1.56 bits per heavy atom. The van der Waals surface area contributed by atoms with Crippen molar-refractivity contribution in [2.75, 3.05) is 12.8 Å². The van der Waals surface area contributed by atoms with Gasteiger partial charge in [0.1, 0.15) is 0 Å². The van der Waals surface area contributed by atoms with E-state index in [4.69, 9.17) is 4.42 Å². The van der Waals surface area contributed by atoms with E-state index in [0.29, 0.717) is 17.6 Å². The summed E-state index contributed by atoms with van der Waals surface area (Å²) in [6.45, 7) is 7.18. The van der Waals surface area contributed by atoms with E-state index in [1.807, 2.05) is 0 Å². The van der Waals surface area contributed by atoms with Gasteiger partial charge in [-0.3, -0.25) is 4.79 Å². The molecule has 1 atom stereocenters. The summed E-state index contributed by atoms with van der Waals surface area (Å²) in [7, 11) is 0. The molecule has 0 aromatic carbocycles. The standard InChI is InChI=1S/C12H19NO2S/c1-12(2,3)10(16-4)8-13-11(14)9-6-5-7-15-9/h5-7,10H,8H2,1-4H3,(H,13,14). The minimum absolute atomic E-state index is 0.145. The first-order valence-corrected chi connectivity index (χ1v) is 6.58. The Morgan fingerprint density at radius 3 is 2.69 bits per heavy atom. The summed E-state index contributed by atoms with van der Waals surface area (Å²) in [6.07, 6.45) is 3.57. The fourth-order valence-electron chi connectivity index (χ4n) is 1.42. The number of carbonyl (C=O) groups excluding carboxylic acids is 1. The van der Waals surface area contributed by atoms with Gasteiger partial charge >= 0.3 is 0 Å². The zero-order valence-electron chi connectivity index (χ0n) is 10.2. The molecule has 1 amide bonds. The van der Waals surface area contributed by atoms with Crippen molar-refractivity contribution in [2.45, 2.75) is 26.0 Å². The van der Waals surface area contributed by atoms with Crippen LogP contribution in [0.25, 0.3) is 0 Å². The molecule has 1 aromatic heterocycles. The van der Waals surface area contributed by atoms with Gasteiger partial charge in [0.2, 0.25) is 0 Å². The van der Waals surface area contributed by atoms with Crippen LogP contribution in [0, 0.1) is 5.41 Å². The molecule has 1 heterocycles. The molecule has 1 rings (SSSR count). The van der Waals surface area contributed by atoms with Crippen LogP contribution in [0.4, 0.5) is 0 Å². The molecule has 1 unspecified atom stereocenters. The van der Waals surface area contributed by atoms with Crippen LogP contribution in [0.2, 0.25) is 0 Å². The van der Waals surface area contributed by atoms with Crippen LogP contribution in [-0.2, 0) is 0 Å². The number of rotatable bonds is 4. The van der Waals surface area contributed by atoms with Crippen LogP contribution in [0.15, 0.2) is 22.8 Å². The number of carbonyl (C=O) groups is 1. The lowest BCUT2D eigenvalue weighted by molar-refractivity contribution is 0.0923. The van der Waals surface area contributed by atoms with Gasteiger partial charge in [0.15, 0.2) is 5.76 Å². The van der Waals surface area contributed by atoms with Crippen molar-refractivity contribution in [1.29, 1.82) is 0 Å². The number of hydrogen-bond donors (Lipinski definition) is 1. The average molecular weight is 241 g/mol. The molecule has 0 bridgehead atoms. The third-order valence-electron chi connectivity index (χ3n) is 2.44. The molecule has 0 saturated carbocycles. The topological polar surface area (TPSA) is 42.2 Å². The SMILES string of the molecule is CSC(CNC(=O)c1ccco1)C(C)(C)C. The predicted molar refractivity (Wildman–Crippen MR) is 67.8 cm³/mol. The average Bonchev–Trinajstić information content (AvgIpc) is 2.68. The van der Waals surface area contributed by atoms with Gasteiger partial charge in [-0.2, -0.15) is 11.8 Å². The first kappa shape index (κ1) is 13.2. The molecule has 0 saturated heterocycles. The Balaban J connectivity index is 2.48. The summed E-state index contributed by atoms with van der Waals surface area (Å²) in [5.74, 6) is 0.224. The van der Waals surface area contributed by atoms with Gasteiger partial charge in [0.25, 0.3) is 5.91 Å². The molecule has 0 aliphatic carbocycles. The van der Waals surface area contributed by atoms with Crippen LogP contribution in [0.5, 0.6) is 0 Å². The van der Waals surface area contributed by atoms with E-state index >= 15 is 0 Å². The number of hydrogen-bond acceptors (Lipinski definition) is 3. The largest absolute Gasteiger partial charge is 0.459 e. The molecule has 4 heteroatoms. The molecular weight excluding hydrogens is 222 g/mol. The van der Waals surface area contributed by atoms with Gasteiger partial charge < -0.3 is 9.73 Å². The van der Waals surface area contributed by atoms with Gasteiger partial charge in [-0.1, -0.05) is 20.8 Å². The highest BCUT2D eigenvalue weighted by Crippen LogP contribution is 2.28. The van der Waals surface area contributed by atoms with Crippen LogP contribution in [0.1, 0.15) is 31.3 Å². The second-order valence-electron chi connectivity index (χ2n) is 4.78. The maximum atomic E-state index is 11.6. The summed E-state index contributed by atoms with van der Waals surface area (Å²) < 4.78 is 5.03. The molecular formula is C12H19NO2S. The number of thioether (sulfide) groups is 1. The van der Waals surface area contributed by atoms with Crippen LogP contribution >= 0.6 is 11.8 Å². The first-order chi connectivity index (χ1) is 7.45. The lowest BCUT2D eigenvalue weighted by Gasteiger charge is -2.29. The van der Waals surface area contributed by atoms with Gasteiger partial charge in [0.05, 0.1) is 6.26 Å². The Labute approximate surface area is 101 Å². The Hall–Kier alpha value is -0.900. The number of nitrogens with one attached hydrogen (secondary N) is 1. The van der Waals surface area contributed by atoms with E-state index in [9.17, 15) is 4.79 Å². The van der Waals surface area contributed by atoms with Crippen molar-refractivity contribution < 1.29 is 9.21 Å². The van der Waals surface area contributed by atoms with Crippen molar-refractivity contribution >= 4 is 17.7 Å². The van der Waals surface area contributed by atoms with Crippen molar-refractivity contribution in [3.05, 3.63) is 24.2 Å². The highest BCUT2D eigenvalue weighted by atomic mass is 32.2. The van der Waals surface area contributed by atoms with Crippen molar-refractivity contribution in [3.8, 4) is 0 Å². The summed E-state index contributed by atoms with van der Waals surface area (Å²) in [5, 5.41) is 3.28. The minimum atomic E-state index is -0.145. The summed E-state index contributed by atoms with van der Waals surface area (Å²) in [5.41, 5.74) is 0.176. The summed E-state index contributed by atoms with van der Waals surface area (Å²) >= 11 is 1.77. The van der Waals surface area contributed by atoms with Crippen LogP contribution in [0.3, 0.4) is 0 Å². The van der Waals surface area contributed by atoms with Crippen molar-refractivity contribution in [2.24, 2.45) is 5.41 Å². The summed E-state index contributed by atoms with van der Waals surface area (Å²) in [4.78, 5) is 11.6. The van der Waals surface area contributed by atoms with Gasteiger partial charge in [0, 0.05) is 11.8 Å². The predicted octanol–water partition coefficient (Wildman–Crippen LogP) is 2.79. The summed E-state index contributed by atoms with van der Waals surface area (Å²) in [6, 6.07) is 3.38. The molecule has 1 N–H and O–H groups in total. The molecule has 0 aliphatic heterocycles. The normalized spacial score (nSPS) is 13.5. The Kier molecular flexibility index (Phi) is 4.47. The quantitative estimate of drug-likeness (QED) is 0.881. The number of furan rings is 1. The molecule has 0 spiro atoms. The minimum Gasteiger partial charge on any atom is -0.459 e. The molecule has 90 valence electrons. The lowest BCUT2D eigenvalue weighted by atomic mass is 9.91. The van der Waals surface area contributed by atoms with Crippen LogP contribution < -0.4 is 5.32 Å². The molecule has 1 aromatic rings.